The molecule has 1 N–H and O–H groups in total. The van der Waals surface area contributed by atoms with Gasteiger partial charge in [0.25, 0.3) is 0 Å². The number of ether oxygens (including phenoxy) is 1. The zero-order valence-corrected chi connectivity index (χ0v) is 14.4. The van der Waals surface area contributed by atoms with Crippen LogP contribution < -0.4 is 5.32 Å². The molecule has 0 bridgehead atoms. The molecule has 5 heteroatoms. The Bertz CT molecular complexity index is 711. The molecule has 2 aromatic carbocycles. The number of methoxy groups -OCH3 is 1. The molecule has 4 nitrogen and oxygen atoms in total. The van der Waals surface area contributed by atoms with Crippen molar-refractivity contribution in [1.29, 1.82) is 0 Å². The Morgan fingerprint density at radius 1 is 1.04 bits per heavy atom. The number of rotatable bonds is 7. The van der Waals surface area contributed by atoms with Crippen LogP contribution in [0.25, 0.3) is 0 Å². The van der Waals surface area contributed by atoms with Crippen LogP contribution in [-0.4, -0.2) is 25.0 Å². The molecule has 0 aromatic heterocycles. The molecule has 0 aliphatic rings. The van der Waals surface area contributed by atoms with E-state index in [2.05, 4.69) is 5.32 Å². The first-order valence-electron chi connectivity index (χ1n) is 8.15. The van der Waals surface area contributed by atoms with Gasteiger partial charge in [-0.1, -0.05) is 42.0 Å². The summed E-state index contributed by atoms with van der Waals surface area (Å²) in [6.45, 7) is 2.01. The molecule has 1 amide bonds. The quantitative estimate of drug-likeness (QED) is 0.787. The minimum atomic E-state index is -0.791. The molecule has 0 unspecified atom stereocenters. The SMILES string of the molecule is COC(=O)[C@@H](Cc1ccc(F)cc1)NC(=O)CCc1ccc(C)cc1. The molecule has 0 heterocycles. The maximum absolute atomic E-state index is 13.0. The van der Waals surface area contributed by atoms with Crippen molar-refractivity contribution < 1.29 is 18.7 Å². The Hall–Kier alpha value is -2.69. The highest BCUT2D eigenvalue weighted by Gasteiger charge is 2.21. The smallest absolute Gasteiger partial charge is 0.328 e. The number of carbonyl (C=O) groups excluding carboxylic acids is 2. The van der Waals surface area contributed by atoms with E-state index in [-0.39, 0.29) is 24.6 Å². The van der Waals surface area contributed by atoms with E-state index in [9.17, 15) is 14.0 Å². The topological polar surface area (TPSA) is 55.4 Å². The predicted molar refractivity (Wildman–Crippen MR) is 93.6 cm³/mol. The fourth-order valence-corrected chi connectivity index (χ4v) is 2.47. The lowest BCUT2D eigenvalue weighted by molar-refractivity contribution is -0.145. The molecular formula is C20H22FNO3. The summed E-state index contributed by atoms with van der Waals surface area (Å²) in [4.78, 5) is 24.1. The van der Waals surface area contributed by atoms with Gasteiger partial charge >= 0.3 is 5.97 Å². The van der Waals surface area contributed by atoms with Crippen LogP contribution in [0.3, 0.4) is 0 Å². The second kappa shape index (κ2) is 8.97. The van der Waals surface area contributed by atoms with E-state index in [4.69, 9.17) is 4.74 Å². The van der Waals surface area contributed by atoms with Crippen molar-refractivity contribution in [3.05, 3.63) is 71.0 Å². The van der Waals surface area contributed by atoms with Crippen LogP contribution in [0.5, 0.6) is 0 Å². The monoisotopic (exact) mass is 343 g/mol. The van der Waals surface area contributed by atoms with Crippen molar-refractivity contribution in [1.82, 2.24) is 5.32 Å². The molecule has 0 fully saturated rings. The summed E-state index contributed by atoms with van der Waals surface area (Å²) in [5, 5.41) is 2.71. The molecule has 25 heavy (non-hydrogen) atoms. The number of benzene rings is 2. The molecule has 1 atom stereocenters. The van der Waals surface area contributed by atoms with Gasteiger partial charge in [0, 0.05) is 12.8 Å². The minimum Gasteiger partial charge on any atom is -0.467 e. The summed E-state index contributed by atoms with van der Waals surface area (Å²) in [6, 6.07) is 13.0. The lowest BCUT2D eigenvalue weighted by Gasteiger charge is -2.16. The minimum absolute atomic E-state index is 0.224. The van der Waals surface area contributed by atoms with Gasteiger partial charge in [0.15, 0.2) is 0 Å². The van der Waals surface area contributed by atoms with E-state index in [1.807, 2.05) is 31.2 Å². The molecule has 0 radical (unpaired) electrons. The predicted octanol–water partition coefficient (Wildman–Crippen LogP) is 2.97. The van der Waals surface area contributed by atoms with Gasteiger partial charge in [-0.15, -0.1) is 0 Å². The fraction of sp³-hybridized carbons (Fsp3) is 0.300. The zero-order chi connectivity index (χ0) is 18.2. The lowest BCUT2D eigenvalue weighted by Crippen LogP contribution is -2.43. The van der Waals surface area contributed by atoms with Gasteiger partial charge in [-0.3, -0.25) is 4.79 Å². The van der Waals surface area contributed by atoms with Crippen molar-refractivity contribution in [3.63, 3.8) is 0 Å². The summed E-state index contributed by atoms with van der Waals surface area (Å²) in [5.74, 6) is -1.09. The van der Waals surface area contributed by atoms with Crippen LogP contribution in [0.4, 0.5) is 4.39 Å². The highest BCUT2D eigenvalue weighted by molar-refractivity contribution is 5.84. The van der Waals surface area contributed by atoms with Crippen LogP contribution in [0.1, 0.15) is 23.1 Å². The maximum atomic E-state index is 13.0. The van der Waals surface area contributed by atoms with Gasteiger partial charge in [-0.05, 0) is 36.6 Å². The van der Waals surface area contributed by atoms with Crippen LogP contribution in [0, 0.1) is 12.7 Å². The number of carbonyl (C=O) groups is 2. The van der Waals surface area contributed by atoms with Crippen LogP contribution in [0.15, 0.2) is 48.5 Å². The zero-order valence-electron chi connectivity index (χ0n) is 14.4. The Kier molecular flexibility index (Phi) is 6.69. The van der Waals surface area contributed by atoms with E-state index in [1.54, 1.807) is 12.1 Å². The highest BCUT2D eigenvalue weighted by atomic mass is 19.1. The maximum Gasteiger partial charge on any atom is 0.328 e. The first kappa shape index (κ1) is 18.6. The summed E-state index contributed by atoms with van der Waals surface area (Å²) in [6.07, 6.45) is 1.12. The van der Waals surface area contributed by atoms with Crippen molar-refractivity contribution in [3.8, 4) is 0 Å². The van der Waals surface area contributed by atoms with E-state index in [1.165, 1.54) is 24.8 Å². The standard InChI is InChI=1S/C20H22FNO3/c1-14-3-5-15(6-4-14)9-12-19(23)22-18(20(24)25-2)13-16-7-10-17(21)11-8-16/h3-8,10-11,18H,9,12-13H2,1-2H3,(H,22,23)/t18-/m1/s1. The van der Waals surface area contributed by atoms with E-state index in [0.29, 0.717) is 6.42 Å². The molecule has 132 valence electrons. The normalized spacial score (nSPS) is 11.6. The first-order valence-corrected chi connectivity index (χ1v) is 8.15. The Labute approximate surface area is 147 Å². The van der Waals surface area contributed by atoms with Crippen LogP contribution in [0.2, 0.25) is 0 Å². The summed E-state index contributed by atoms with van der Waals surface area (Å²) >= 11 is 0. The molecule has 2 rings (SSSR count). The van der Waals surface area contributed by atoms with Gasteiger partial charge < -0.3 is 10.1 Å². The molecule has 2 aromatic rings. The second-order valence-corrected chi connectivity index (χ2v) is 5.96. The Morgan fingerprint density at radius 2 is 1.64 bits per heavy atom. The number of esters is 1. The number of amides is 1. The fourth-order valence-electron chi connectivity index (χ4n) is 2.47. The molecular weight excluding hydrogens is 321 g/mol. The first-order chi connectivity index (χ1) is 12.0. The third kappa shape index (κ3) is 6.03. The number of nitrogens with one attached hydrogen (secondary N) is 1. The second-order valence-electron chi connectivity index (χ2n) is 5.96. The van der Waals surface area contributed by atoms with Gasteiger partial charge in [0.2, 0.25) is 5.91 Å². The van der Waals surface area contributed by atoms with Gasteiger partial charge in [0.05, 0.1) is 7.11 Å². The van der Waals surface area contributed by atoms with Crippen molar-refractivity contribution >= 4 is 11.9 Å². The number of halogens is 1. The third-order valence-corrected chi connectivity index (χ3v) is 3.94. The number of hydrogen-bond acceptors (Lipinski definition) is 3. The van der Waals surface area contributed by atoms with E-state index < -0.39 is 12.0 Å². The van der Waals surface area contributed by atoms with Crippen molar-refractivity contribution in [2.45, 2.75) is 32.2 Å². The van der Waals surface area contributed by atoms with Gasteiger partial charge in [-0.2, -0.15) is 0 Å². The summed E-state index contributed by atoms with van der Waals surface area (Å²) in [7, 11) is 1.28. The van der Waals surface area contributed by atoms with Crippen LogP contribution >= 0.6 is 0 Å². The molecule has 0 saturated carbocycles. The summed E-state index contributed by atoms with van der Waals surface area (Å²) in [5.41, 5.74) is 2.97. The highest BCUT2D eigenvalue weighted by Crippen LogP contribution is 2.09. The number of aryl methyl sites for hydroxylation is 2. The molecule has 0 spiro atoms. The van der Waals surface area contributed by atoms with Crippen molar-refractivity contribution in [2.24, 2.45) is 0 Å². The number of hydrogen-bond donors (Lipinski definition) is 1. The molecule has 0 saturated heterocycles. The summed E-state index contributed by atoms with van der Waals surface area (Å²) < 4.78 is 17.7. The molecule has 0 aliphatic heterocycles. The molecule has 0 aliphatic carbocycles. The largest absolute Gasteiger partial charge is 0.467 e. The Balaban J connectivity index is 1.93. The van der Waals surface area contributed by atoms with E-state index in [0.717, 1.165) is 11.1 Å². The third-order valence-electron chi connectivity index (χ3n) is 3.94. The van der Waals surface area contributed by atoms with Crippen LogP contribution in [-0.2, 0) is 27.2 Å². The van der Waals surface area contributed by atoms with E-state index >= 15 is 0 Å². The van der Waals surface area contributed by atoms with Gasteiger partial charge in [-0.25, -0.2) is 9.18 Å². The van der Waals surface area contributed by atoms with Crippen molar-refractivity contribution in [2.75, 3.05) is 7.11 Å². The Morgan fingerprint density at radius 3 is 2.24 bits per heavy atom. The van der Waals surface area contributed by atoms with Gasteiger partial charge in [0.1, 0.15) is 11.9 Å². The average molecular weight is 343 g/mol. The lowest BCUT2D eigenvalue weighted by atomic mass is 10.0. The average Bonchev–Trinajstić information content (AvgIpc) is 2.62.